The molecule has 3 N–H and O–H groups in total. The molecule has 0 atom stereocenters. The van der Waals surface area contributed by atoms with Crippen molar-refractivity contribution in [3.63, 3.8) is 0 Å². The minimum absolute atomic E-state index is 0.156. The van der Waals surface area contributed by atoms with E-state index in [-0.39, 0.29) is 5.91 Å². The Labute approximate surface area is 115 Å². The van der Waals surface area contributed by atoms with Gasteiger partial charge in [0.25, 0.3) is 0 Å². The zero-order valence-electron chi connectivity index (χ0n) is 11.9. The topological polar surface area (TPSA) is 55.1 Å². The second kappa shape index (κ2) is 5.64. The summed E-state index contributed by atoms with van der Waals surface area (Å²) < 4.78 is 0. The molecule has 2 rings (SSSR count). The van der Waals surface area contributed by atoms with Crippen LogP contribution in [0.15, 0.2) is 24.3 Å². The summed E-state index contributed by atoms with van der Waals surface area (Å²) in [6.07, 6.45) is 3.84. The van der Waals surface area contributed by atoms with Gasteiger partial charge in [0.05, 0.1) is 0 Å². The molecule has 0 aliphatic heterocycles. The lowest BCUT2D eigenvalue weighted by atomic mass is 9.92. The lowest BCUT2D eigenvalue weighted by Crippen LogP contribution is -2.32. The first kappa shape index (κ1) is 13.9. The Balaban J connectivity index is 1.72. The van der Waals surface area contributed by atoms with E-state index in [1.165, 1.54) is 12.8 Å². The zero-order chi connectivity index (χ0) is 13.9. The molecular formula is C16H24N2O. The highest BCUT2D eigenvalue weighted by Crippen LogP contribution is 2.51. The SMILES string of the molecule is CC(C)C1(CNC(=O)CCc2ccc(N)cc2)CC1. The average Bonchev–Trinajstić information content (AvgIpc) is 3.17. The van der Waals surface area contributed by atoms with E-state index < -0.39 is 0 Å². The molecule has 0 bridgehead atoms. The van der Waals surface area contributed by atoms with E-state index in [9.17, 15) is 4.79 Å². The van der Waals surface area contributed by atoms with E-state index >= 15 is 0 Å². The quantitative estimate of drug-likeness (QED) is 0.773. The molecule has 3 heteroatoms. The van der Waals surface area contributed by atoms with Gasteiger partial charge in [0.15, 0.2) is 0 Å². The number of aryl methyl sites for hydroxylation is 1. The van der Waals surface area contributed by atoms with Gasteiger partial charge >= 0.3 is 0 Å². The summed E-state index contributed by atoms with van der Waals surface area (Å²) in [6, 6.07) is 7.73. The van der Waals surface area contributed by atoms with Gasteiger partial charge in [-0.25, -0.2) is 0 Å². The van der Waals surface area contributed by atoms with Crippen LogP contribution in [0.5, 0.6) is 0 Å². The molecule has 0 spiro atoms. The molecule has 104 valence electrons. The van der Waals surface area contributed by atoms with Gasteiger partial charge in [-0.1, -0.05) is 26.0 Å². The van der Waals surface area contributed by atoms with Crippen molar-refractivity contribution in [2.45, 2.75) is 39.5 Å². The third kappa shape index (κ3) is 3.72. The predicted octanol–water partition coefficient (Wildman–Crippen LogP) is 2.75. The normalized spacial score (nSPS) is 16.4. The summed E-state index contributed by atoms with van der Waals surface area (Å²) in [7, 11) is 0. The summed E-state index contributed by atoms with van der Waals surface area (Å²) >= 11 is 0. The largest absolute Gasteiger partial charge is 0.399 e. The number of amides is 1. The zero-order valence-corrected chi connectivity index (χ0v) is 11.9. The van der Waals surface area contributed by atoms with Gasteiger partial charge in [-0.2, -0.15) is 0 Å². The van der Waals surface area contributed by atoms with E-state index in [1.54, 1.807) is 0 Å². The van der Waals surface area contributed by atoms with Crippen molar-refractivity contribution in [1.82, 2.24) is 5.32 Å². The van der Waals surface area contributed by atoms with Gasteiger partial charge < -0.3 is 11.1 Å². The van der Waals surface area contributed by atoms with Crippen LogP contribution in [-0.2, 0) is 11.2 Å². The molecule has 1 amide bonds. The lowest BCUT2D eigenvalue weighted by molar-refractivity contribution is -0.121. The Bertz CT molecular complexity index is 433. The third-order valence-corrected chi connectivity index (χ3v) is 4.38. The van der Waals surface area contributed by atoms with Crippen LogP contribution in [0.2, 0.25) is 0 Å². The molecule has 1 aliphatic carbocycles. The monoisotopic (exact) mass is 260 g/mol. The molecule has 0 saturated heterocycles. The number of rotatable bonds is 6. The average molecular weight is 260 g/mol. The number of carbonyl (C=O) groups excluding carboxylic acids is 1. The number of nitrogens with one attached hydrogen (secondary N) is 1. The molecule has 3 nitrogen and oxygen atoms in total. The number of nitrogens with two attached hydrogens (primary N) is 1. The lowest BCUT2D eigenvalue weighted by Gasteiger charge is -2.19. The Kier molecular flexibility index (Phi) is 4.13. The summed E-state index contributed by atoms with van der Waals surface area (Å²) in [6.45, 7) is 5.33. The maximum atomic E-state index is 11.8. The van der Waals surface area contributed by atoms with Gasteiger partial charge in [0.1, 0.15) is 0 Å². The molecular weight excluding hydrogens is 236 g/mol. The van der Waals surface area contributed by atoms with Crippen LogP contribution >= 0.6 is 0 Å². The van der Waals surface area contributed by atoms with Crippen LogP contribution < -0.4 is 11.1 Å². The minimum atomic E-state index is 0.156. The van der Waals surface area contributed by atoms with Gasteiger partial charge in [-0.3, -0.25) is 4.79 Å². The molecule has 1 saturated carbocycles. The molecule has 1 aliphatic rings. The first-order valence-corrected chi connectivity index (χ1v) is 7.13. The fourth-order valence-corrected chi connectivity index (χ4v) is 2.42. The van der Waals surface area contributed by atoms with Crippen molar-refractivity contribution in [3.05, 3.63) is 29.8 Å². The molecule has 1 fully saturated rings. The molecule has 1 aromatic carbocycles. The number of anilines is 1. The molecule has 0 aromatic heterocycles. The Hall–Kier alpha value is -1.51. The molecule has 0 unspecified atom stereocenters. The standard InChI is InChI=1S/C16H24N2O/c1-12(2)16(9-10-16)11-18-15(19)8-5-13-3-6-14(17)7-4-13/h3-4,6-7,12H,5,8-11,17H2,1-2H3,(H,18,19). The first-order valence-electron chi connectivity index (χ1n) is 7.13. The van der Waals surface area contributed by atoms with Crippen LogP contribution in [0, 0.1) is 11.3 Å². The van der Waals surface area contributed by atoms with Crippen molar-refractivity contribution in [2.75, 3.05) is 12.3 Å². The molecule has 19 heavy (non-hydrogen) atoms. The van der Waals surface area contributed by atoms with E-state index in [0.29, 0.717) is 17.8 Å². The van der Waals surface area contributed by atoms with E-state index in [0.717, 1.165) is 24.2 Å². The van der Waals surface area contributed by atoms with Crippen LogP contribution in [0.25, 0.3) is 0 Å². The highest BCUT2D eigenvalue weighted by Gasteiger charge is 2.45. The van der Waals surface area contributed by atoms with Crippen molar-refractivity contribution < 1.29 is 4.79 Å². The van der Waals surface area contributed by atoms with Crippen LogP contribution in [0.1, 0.15) is 38.7 Å². The number of carbonyl (C=O) groups is 1. The molecule has 1 aromatic rings. The van der Waals surface area contributed by atoms with Gasteiger partial charge in [-0.15, -0.1) is 0 Å². The van der Waals surface area contributed by atoms with Crippen molar-refractivity contribution in [1.29, 1.82) is 0 Å². The van der Waals surface area contributed by atoms with E-state index in [2.05, 4.69) is 19.2 Å². The summed E-state index contributed by atoms with van der Waals surface area (Å²) in [5.74, 6) is 0.814. The smallest absolute Gasteiger partial charge is 0.220 e. The highest BCUT2D eigenvalue weighted by atomic mass is 16.1. The fourth-order valence-electron chi connectivity index (χ4n) is 2.42. The predicted molar refractivity (Wildman–Crippen MR) is 78.7 cm³/mol. The molecule has 0 radical (unpaired) electrons. The Morgan fingerprint density at radius 3 is 2.47 bits per heavy atom. The van der Waals surface area contributed by atoms with E-state index in [1.807, 2.05) is 24.3 Å². The number of hydrogen-bond donors (Lipinski definition) is 2. The highest BCUT2D eigenvalue weighted by molar-refractivity contribution is 5.76. The fraction of sp³-hybridized carbons (Fsp3) is 0.562. The maximum absolute atomic E-state index is 11.8. The number of hydrogen-bond acceptors (Lipinski definition) is 2. The Morgan fingerprint density at radius 1 is 1.32 bits per heavy atom. The number of benzene rings is 1. The summed E-state index contributed by atoms with van der Waals surface area (Å²) in [5.41, 5.74) is 7.95. The van der Waals surface area contributed by atoms with E-state index in [4.69, 9.17) is 5.73 Å². The maximum Gasteiger partial charge on any atom is 0.220 e. The summed E-state index contributed by atoms with van der Waals surface area (Å²) in [5, 5.41) is 3.08. The van der Waals surface area contributed by atoms with Gasteiger partial charge in [0.2, 0.25) is 5.91 Å². The van der Waals surface area contributed by atoms with Crippen LogP contribution in [-0.4, -0.2) is 12.5 Å². The second-order valence-electron chi connectivity index (χ2n) is 6.04. The summed E-state index contributed by atoms with van der Waals surface area (Å²) in [4.78, 5) is 11.8. The molecule has 0 heterocycles. The van der Waals surface area contributed by atoms with Gasteiger partial charge in [0, 0.05) is 18.7 Å². The first-order chi connectivity index (χ1) is 9.02. The van der Waals surface area contributed by atoms with Crippen molar-refractivity contribution in [3.8, 4) is 0 Å². The van der Waals surface area contributed by atoms with Crippen LogP contribution in [0.4, 0.5) is 5.69 Å². The van der Waals surface area contributed by atoms with Crippen molar-refractivity contribution >= 4 is 11.6 Å². The van der Waals surface area contributed by atoms with Crippen LogP contribution in [0.3, 0.4) is 0 Å². The number of nitrogen functional groups attached to an aromatic ring is 1. The minimum Gasteiger partial charge on any atom is -0.399 e. The van der Waals surface area contributed by atoms with Crippen molar-refractivity contribution in [2.24, 2.45) is 11.3 Å². The Morgan fingerprint density at radius 2 is 1.95 bits per heavy atom. The second-order valence-corrected chi connectivity index (χ2v) is 6.04. The van der Waals surface area contributed by atoms with Gasteiger partial charge in [-0.05, 0) is 48.3 Å². The third-order valence-electron chi connectivity index (χ3n) is 4.38.